The summed E-state index contributed by atoms with van der Waals surface area (Å²) in [6.45, 7) is 1.89. The van der Waals surface area contributed by atoms with Crippen molar-refractivity contribution in [1.29, 1.82) is 0 Å². The molecule has 24 heavy (non-hydrogen) atoms. The quantitative estimate of drug-likeness (QED) is 0.230. The molecule has 0 saturated carbocycles. The normalized spacial score (nSPS) is 13.2. The van der Waals surface area contributed by atoms with E-state index in [0.29, 0.717) is 6.42 Å². The molecule has 1 aromatic rings. The smallest absolute Gasteiger partial charge is 0.305 e. The highest BCUT2D eigenvalue weighted by Gasteiger charge is 2.21. The maximum Gasteiger partial charge on any atom is 0.305 e. The fourth-order valence-electron chi connectivity index (χ4n) is 2.90. The summed E-state index contributed by atoms with van der Waals surface area (Å²) in [5.41, 5.74) is 2.65. The van der Waals surface area contributed by atoms with E-state index in [-0.39, 0.29) is 29.9 Å². The Kier molecular flexibility index (Phi) is 9.75. The van der Waals surface area contributed by atoms with Crippen LogP contribution in [-0.2, 0) is 16.0 Å². The Morgan fingerprint density at radius 2 is 2.00 bits per heavy atom. The third-order valence-corrected chi connectivity index (χ3v) is 4.17. The standard InChI is InChI=1S/C18H27N3O2.HI/c1-19-18(20-13-8-4-3-5-11-17(22)23-2)21-14-12-15-9-6-7-10-16(15)21;/h6-7,9-10H,3-5,8,11-14H2,1-2H3,(H,19,20);1H. The summed E-state index contributed by atoms with van der Waals surface area (Å²) < 4.78 is 4.64. The SMILES string of the molecule is CN=C(NCCCCCCC(=O)OC)N1CCc2ccccc21.I. The monoisotopic (exact) mass is 445 g/mol. The van der Waals surface area contributed by atoms with Crippen molar-refractivity contribution in [2.75, 3.05) is 32.1 Å². The van der Waals surface area contributed by atoms with Crippen LogP contribution >= 0.6 is 24.0 Å². The molecule has 1 heterocycles. The van der Waals surface area contributed by atoms with Gasteiger partial charge in [-0.05, 0) is 30.9 Å². The van der Waals surface area contributed by atoms with Gasteiger partial charge < -0.3 is 15.0 Å². The van der Waals surface area contributed by atoms with Crippen LogP contribution in [0.4, 0.5) is 5.69 Å². The van der Waals surface area contributed by atoms with Gasteiger partial charge in [0, 0.05) is 32.2 Å². The molecule has 0 saturated heterocycles. The predicted molar refractivity (Wildman–Crippen MR) is 109 cm³/mol. The average molecular weight is 445 g/mol. The van der Waals surface area contributed by atoms with Gasteiger partial charge in [-0.2, -0.15) is 0 Å². The average Bonchev–Trinajstić information content (AvgIpc) is 3.01. The highest BCUT2D eigenvalue weighted by Crippen LogP contribution is 2.27. The van der Waals surface area contributed by atoms with Crippen molar-refractivity contribution in [1.82, 2.24) is 5.32 Å². The lowest BCUT2D eigenvalue weighted by molar-refractivity contribution is -0.140. The van der Waals surface area contributed by atoms with Crippen LogP contribution in [0.5, 0.6) is 0 Å². The molecule has 0 amide bonds. The molecule has 2 rings (SSSR count). The van der Waals surface area contributed by atoms with Crippen LogP contribution in [0.3, 0.4) is 0 Å². The number of esters is 1. The van der Waals surface area contributed by atoms with E-state index in [1.165, 1.54) is 18.4 Å². The van der Waals surface area contributed by atoms with Crippen LogP contribution < -0.4 is 10.2 Å². The first-order valence-electron chi connectivity index (χ1n) is 8.39. The van der Waals surface area contributed by atoms with E-state index < -0.39 is 0 Å². The highest BCUT2D eigenvalue weighted by molar-refractivity contribution is 14.0. The van der Waals surface area contributed by atoms with E-state index >= 15 is 0 Å². The molecule has 0 fully saturated rings. The maximum atomic E-state index is 11.0. The van der Waals surface area contributed by atoms with E-state index in [0.717, 1.165) is 51.2 Å². The summed E-state index contributed by atoms with van der Waals surface area (Å²) in [6.07, 6.45) is 5.75. The minimum absolute atomic E-state index is 0. The molecule has 0 bridgehead atoms. The van der Waals surface area contributed by atoms with Gasteiger partial charge in [0.25, 0.3) is 0 Å². The zero-order chi connectivity index (χ0) is 16.5. The van der Waals surface area contributed by atoms with Crippen molar-refractivity contribution in [3.05, 3.63) is 29.8 Å². The summed E-state index contributed by atoms with van der Waals surface area (Å²) in [4.78, 5) is 17.7. The van der Waals surface area contributed by atoms with Crippen LogP contribution in [-0.4, -0.2) is 39.2 Å². The molecule has 1 aromatic carbocycles. The Labute approximate surface area is 161 Å². The Hall–Kier alpha value is -1.31. The molecule has 0 unspecified atom stereocenters. The lowest BCUT2D eigenvalue weighted by Gasteiger charge is -2.22. The Morgan fingerprint density at radius 3 is 2.75 bits per heavy atom. The number of unbranched alkanes of at least 4 members (excludes halogenated alkanes) is 3. The Morgan fingerprint density at radius 1 is 1.25 bits per heavy atom. The third kappa shape index (κ3) is 5.96. The lowest BCUT2D eigenvalue weighted by atomic mass is 10.1. The minimum atomic E-state index is -0.115. The number of carbonyl (C=O) groups excluding carboxylic acids is 1. The van der Waals surface area contributed by atoms with Gasteiger partial charge in [-0.3, -0.25) is 9.79 Å². The van der Waals surface area contributed by atoms with Crippen molar-refractivity contribution in [2.45, 2.75) is 38.5 Å². The summed E-state index contributed by atoms with van der Waals surface area (Å²) in [7, 11) is 3.27. The fraction of sp³-hybridized carbons (Fsp3) is 0.556. The van der Waals surface area contributed by atoms with Crippen LogP contribution in [0.25, 0.3) is 0 Å². The van der Waals surface area contributed by atoms with Gasteiger partial charge >= 0.3 is 5.97 Å². The number of para-hydroxylation sites is 1. The zero-order valence-electron chi connectivity index (χ0n) is 14.6. The first-order valence-corrected chi connectivity index (χ1v) is 8.39. The fourth-order valence-corrected chi connectivity index (χ4v) is 2.90. The number of aliphatic imine (C=N–C) groups is 1. The number of rotatable bonds is 7. The van der Waals surface area contributed by atoms with E-state index in [1.54, 1.807) is 0 Å². The molecular formula is C18H28IN3O2. The van der Waals surface area contributed by atoms with Gasteiger partial charge in [0.05, 0.1) is 7.11 Å². The molecule has 6 heteroatoms. The number of fused-ring (bicyclic) bond motifs is 1. The number of hydrogen-bond acceptors (Lipinski definition) is 3. The van der Waals surface area contributed by atoms with E-state index in [4.69, 9.17) is 0 Å². The van der Waals surface area contributed by atoms with E-state index in [9.17, 15) is 4.79 Å². The highest BCUT2D eigenvalue weighted by atomic mass is 127. The van der Waals surface area contributed by atoms with Crippen LogP contribution in [0.1, 0.15) is 37.7 Å². The second-order valence-electron chi connectivity index (χ2n) is 5.74. The number of anilines is 1. The first kappa shape index (κ1) is 20.7. The van der Waals surface area contributed by atoms with Gasteiger partial charge in [-0.15, -0.1) is 24.0 Å². The molecule has 5 nitrogen and oxygen atoms in total. The zero-order valence-corrected chi connectivity index (χ0v) is 16.9. The Balaban J connectivity index is 0.00000288. The lowest BCUT2D eigenvalue weighted by Crippen LogP contribution is -2.40. The van der Waals surface area contributed by atoms with E-state index in [1.807, 2.05) is 7.05 Å². The number of nitrogens with zero attached hydrogens (tertiary/aromatic N) is 2. The van der Waals surface area contributed by atoms with Gasteiger partial charge in [-0.1, -0.05) is 31.0 Å². The van der Waals surface area contributed by atoms with Crippen molar-refractivity contribution in [3.63, 3.8) is 0 Å². The number of hydrogen-bond donors (Lipinski definition) is 1. The second-order valence-corrected chi connectivity index (χ2v) is 5.74. The van der Waals surface area contributed by atoms with Crippen molar-refractivity contribution >= 4 is 41.6 Å². The number of halogens is 1. The molecule has 1 aliphatic heterocycles. The summed E-state index contributed by atoms with van der Waals surface area (Å²) >= 11 is 0. The van der Waals surface area contributed by atoms with Crippen LogP contribution in [0.2, 0.25) is 0 Å². The first-order chi connectivity index (χ1) is 11.3. The summed E-state index contributed by atoms with van der Waals surface area (Å²) in [6, 6.07) is 8.50. The second kappa shape index (κ2) is 11.3. The number of carbonyl (C=O) groups is 1. The molecule has 0 radical (unpaired) electrons. The molecule has 0 aromatic heterocycles. The van der Waals surface area contributed by atoms with Crippen molar-refractivity contribution < 1.29 is 9.53 Å². The van der Waals surface area contributed by atoms with Crippen molar-refractivity contribution in [3.8, 4) is 0 Å². The van der Waals surface area contributed by atoms with Gasteiger partial charge in [0.1, 0.15) is 0 Å². The number of methoxy groups -OCH3 is 1. The predicted octanol–water partition coefficient (Wildman–Crippen LogP) is 3.37. The largest absolute Gasteiger partial charge is 0.469 e. The molecule has 1 aliphatic rings. The number of nitrogens with one attached hydrogen (secondary N) is 1. The number of benzene rings is 1. The van der Waals surface area contributed by atoms with Crippen LogP contribution in [0, 0.1) is 0 Å². The topological polar surface area (TPSA) is 53.9 Å². The number of ether oxygens (including phenoxy) is 1. The summed E-state index contributed by atoms with van der Waals surface area (Å²) in [5, 5.41) is 3.45. The van der Waals surface area contributed by atoms with Crippen molar-refractivity contribution in [2.24, 2.45) is 4.99 Å². The molecule has 134 valence electrons. The molecule has 0 atom stereocenters. The number of guanidine groups is 1. The minimum Gasteiger partial charge on any atom is -0.469 e. The van der Waals surface area contributed by atoms with E-state index in [2.05, 4.69) is 44.2 Å². The maximum absolute atomic E-state index is 11.0. The molecule has 0 spiro atoms. The Bertz CT molecular complexity index is 549. The molecule has 0 aliphatic carbocycles. The van der Waals surface area contributed by atoms with Crippen LogP contribution in [0.15, 0.2) is 29.3 Å². The van der Waals surface area contributed by atoms with Gasteiger partial charge in [0.15, 0.2) is 5.96 Å². The summed E-state index contributed by atoms with van der Waals surface area (Å²) in [5.74, 6) is 0.834. The van der Waals surface area contributed by atoms with Gasteiger partial charge in [0.2, 0.25) is 0 Å². The third-order valence-electron chi connectivity index (χ3n) is 4.17. The molecular weight excluding hydrogens is 417 g/mol. The van der Waals surface area contributed by atoms with Gasteiger partial charge in [-0.25, -0.2) is 0 Å². The molecule has 1 N–H and O–H groups in total.